The second kappa shape index (κ2) is 17.6. The summed E-state index contributed by atoms with van der Waals surface area (Å²) < 4.78 is 86.3. The molecule has 3 aliphatic carbocycles. The minimum absolute atomic E-state index is 0.0241. The van der Waals surface area contributed by atoms with Crippen molar-refractivity contribution >= 4 is 17.1 Å². The lowest BCUT2D eigenvalue weighted by molar-refractivity contribution is -0.284. The maximum atomic E-state index is 13.0. The van der Waals surface area contributed by atoms with Gasteiger partial charge in [0.15, 0.2) is 0 Å². The maximum Gasteiger partial charge on any atom is 0.453 e. The third-order valence-electron chi connectivity index (χ3n) is 12.2. The summed E-state index contributed by atoms with van der Waals surface area (Å²) in [6, 6.07) is 6.25. The summed E-state index contributed by atoms with van der Waals surface area (Å²) in [5.41, 5.74) is 2.66. The van der Waals surface area contributed by atoms with E-state index in [1.807, 2.05) is 6.07 Å². The van der Waals surface area contributed by atoms with Crippen LogP contribution in [0, 0.1) is 23.2 Å². The van der Waals surface area contributed by atoms with E-state index >= 15 is 0 Å². The molecule has 1 aromatic rings. The summed E-state index contributed by atoms with van der Waals surface area (Å²) in [5, 5.41) is 11.0. The molecule has 50 heavy (non-hydrogen) atoms. The minimum atomic E-state index is -5.55. The summed E-state index contributed by atoms with van der Waals surface area (Å²) in [4.78, 5) is 14.8. The first-order valence-corrected chi connectivity index (χ1v) is 20.4. The van der Waals surface area contributed by atoms with Gasteiger partial charge in [0.05, 0.1) is 25.9 Å². The molecule has 1 heterocycles. The van der Waals surface area contributed by atoms with Gasteiger partial charge in [-0.25, -0.2) is 0 Å². The van der Waals surface area contributed by atoms with Crippen molar-refractivity contribution in [3.8, 4) is 5.75 Å². The quantitative estimate of drug-likeness (QED) is 0.0572. The first-order chi connectivity index (χ1) is 23.8. The molecule has 284 valence electrons. The number of ether oxygens (including phenoxy) is 2. The monoisotopic (exact) mass is 733 g/mol. The normalized spacial score (nSPS) is 29.2. The van der Waals surface area contributed by atoms with Gasteiger partial charge in [0, 0.05) is 19.5 Å². The third-order valence-corrected chi connectivity index (χ3v) is 13.7. The molecule has 6 nitrogen and oxygen atoms in total. The van der Waals surface area contributed by atoms with Crippen LogP contribution in [0.1, 0.15) is 114 Å². The fraction of sp³-hybridized carbons (Fsp3) is 0.816. The number of carbonyl (C=O) groups is 1. The van der Waals surface area contributed by atoms with Crippen LogP contribution in [0.25, 0.3) is 0 Å². The van der Waals surface area contributed by atoms with Crippen LogP contribution in [0.5, 0.6) is 5.75 Å². The summed E-state index contributed by atoms with van der Waals surface area (Å²) in [6.07, 6.45) is 5.54. The van der Waals surface area contributed by atoms with E-state index in [4.69, 9.17) is 9.47 Å². The Hall–Kier alpha value is -1.47. The number of carbonyl (C=O) groups excluding carboxylic acids is 1. The number of aliphatic hydroxyl groups is 1. The van der Waals surface area contributed by atoms with Crippen LogP contribution in [0.4, 0.5) is 22.0 Å². The van der Waals surface area contributed by atoms with E-state index < -0.39 is 36.1 Å². The molecule has 0 spiro atoms. The molecule has 2 saturated carbocycles. The number of rotatable bonds is 17. The van der Waals surface area contributed by atoms with Gasteiger partial charge in [-0.2, -0.15) is 22.0 Å². The molecular weight excluding hydrogens is 677 g/mol. The number of unbranched alkanes of at least 4 members (excludes halogenated alkanes) is 6. The number of alkyl halides is 5. The largest absolute Gasteiger partial charge is 0.616 e. The van der Waals surface area contributed by atoms with E-state index in [1.54, 1.807) is 0 Å². The molecule has 7 unspecified atom stereocenters. The molecule has 7 atom stereocenters. The molecule has 1 aromatic carbocycles. The third kappa shape index (κ3) is 9.94. The van der Waals surface area contributed by atoms with Gasteiger partial charge in [0.2, 0.25) is 0 Å². The molecular formula is C38H56F5NO5S. The average Bonchev–Trinajstić information content (AvgIpc) is 3.37. The van der Waals surface area contributed by atoms with Crippen molar-refractivity contribution in [2.75, 3.05) is 44.4 Å². The number of morpholine rings is 1. The Labute approximate surface area is 297 Å². The number of hydrogen-bond donors (Lipinski definition) is 1. The summed E-state index contributed by atoms with van der Waals surface area (Å²) in [5.74, 6) is -2.13. The highest BCUT2D eigenvalue weighted by Crippen LogP contribution is 2.62. The van der Waals surface area contributed by atoms with Crippen molar-refractivity contribution in [1.82, 2.24) is 4.90 Å². The van der Waals surface area contributed by atoms with Crippen molar-refractivity contribution in [3.63, 3.8) is 0 Å². The zero-order valence-corrected chi connectivity index (χ0v) is 30.3. The number of esters is 1. The average molecular weight is 734 g/mol. The molecule has 12 heteroatoms. The molecule has 1 aliphatic heterocycles. The fourth-order valence-corrected chi connectivity index (χ4v) is 10.6. The molecule has 4 aliphatic rings. The van der Waals surface area contributed by atoms with Crippen molar-refractivity contribution in [2.45, 2.75) is 127 Å². The SMILES string of the molecule is CC12CCC3c4ccc(OC(=O)CN5CCOCC5)cc4CC(CCCCCCCCC[S+]([O-])CCCC(F)(F)C(F)(F)F)C3C1CCC2O. The number of aliphatic hydroxyl groups excluding tert-OH is 1. The highest BCUT2D eigenvalue weighted by atomic mass is 32.2. The van der Waals surface area contributed by atoms with Crippen LogP contribution >= 0.6 is 0 Å². The van der Waals surface area contributed by atoms with Gasteiger partial charge < -0.3 is 19.1 Å². The van der Waals surface area contributed by atoms with E-state index in [1.165, 1.54) is 11.1 Å². The number of benzene rings is 1. The molecule has 0 bridgehead atoms. The number of fused-ring (bicyclic) bond motifs is 5. The molecule has 1 N–H and O–H groups in total. The summed E-state index contributed by atoms with van der Waals surface area (Å²) in [7, 11) is 0. The van der Waals surface area contributed by atoms with Crippen LogP contribution in [0.2, 0.25) is 0 Å². The van der Waals surface area contributed by atoms with E-state index in [0.717, 1.165) is 90.1 Å². The first kappa shape index (κ1) is 39.7. The van der Waals surface area contributed by atoms with E-state index in [0.29, 0.717) is 54.8 Å². The topological polar surface area (TPSA) is 82.1 Å². The number of halogens is 5. The predicted octanol–water partition coefficient (Wildman–Crippen LogP) is 8.21. The lowest BCUT2D eigenvalue weighted by Gasteiger charge is -2.53. The molecule has 0 amide bonds. The van der Waals surface area contributed by atoms with Crippen molar-refractivity contribution in [3.05, 3.63) is 29.3 Å². The van der Waals surface area contributed by atoms with Crippen LogP contribution in [-0.4, -0.2) is 83.1 Å². The zero-order chi connectivity index (χ0) is 35.9. The second-order valence-corrected chi connectivity index (χ2v) is 17.2. The number of nitrogens with zero attached hydrogens (tertiary/aromatic N) is 1. The summed E-state index contributed by atoms with van der Waals surface area (Å²) in [6.45, 7) is 5.28. The van der Waals surface area contributed by atoms with Gasteiger partial charge in [0.25, 0.3) is 0 Å². The van der Waals surface area contributed by atoms with Gasteiger partial charge >= 0.3 is 18.1 Å². The molecule has 1 saturated heterocycles. The lowest BCUT2D eigenvalue weighted by Crippen LogP contribution is -2.47. The van der Waals surface area contributed by atoms with Crippen molar-refractivity contribution in [2.24, 2.45) is 23.2 Å². The Morgan fingerprint density at radius 1 is 1.00 bits per heavy atom. The van der Waals surface area contributed by atoms with Crippen LogP contribution < -0.4 is 4.74 Å². The maximum absolute atomic E-state index is 13.0. The number of hydrogen-bond acceptors (Lipinski definition) is 6. The Morgan fingerprint density at radius 2 is 1.68 bits per heavy atom. The van der Waals surface area contributed by atoms with Crippen molar-refractivity contribution in [1.29, 1.82) is 0 Å². The molecule has 3 fully saturated rings. The Kier molecular flexibility index (Phi) is 14.0. The van der Waals surface area contributed by atoms with E-state index in [-0.39, 0.29) is 29.8 Å². The fourth-order valence-electron chi connectivity index (χ4n) is 9.44. The van der Waals surface area contributed by atoms with E-state index in [9.17, 15) is 36.4 Å². The minimum Gasteiger partial charge on any atom is -0.616 e. The molecule has 5 rings (SSSR count). The second-order valence-electron chi connectivity index (χ2n) is 15.5. The van der Waals surface area contributed by atoms with Gasteiger partial charge in [0.1, 0.15) is 17.3 Å². The van der Waals surface area contributed by atoms with Crippen LogP contribution in [-0.2, 0) is 27.1 Å². The Balaban J connectivity index is 1.07. The standard InChI is InChI=1S/C38H56F5NO5S/c1-36-17-15-31-30-12-11-29(49-34(46)26-44-18-20-48-21-19-44)25-28(30)24-27(35(31)32(36)13-14-33(36)45)10-7-5-3-2-4-6-8-22-50(47)23-9-16-37(39,40)38(41,42)43/h11-12,25,27,31-33,35,45H,2-10,13-24,26H2,1H3. The van der Waals surface area contributed by atoms with Crippen LogP contribution in [0.3, 0.4) is 0 Å². The molecule has 0 radical (unpaired) electrons. The predicted molar refractivity (Wildman–Crippen MR) is 184 cm³/mol. The summed E-state index contributed by atoms with van der Waals surface area (Å²) >= 11 is -1.37. The van der Waals surface area contributed by atoms with Crippen LogP contribution in [0.15, 0.2) is 18.2 Å². The van der Waals surface area contributed by atoms with Crippen molar-refractivity contribution < 1.29 is 45.9 Å². The van der Waals surface area contributed by atoms with Gasteiger partial charge in [-0.1, -0.05) is 56.3 Å². The Bertz CT molecular complexity index is 1250. The van der Waals surface area contributed by atoms with Gasteiger partial charge in [-0.3, -0.25) is 9.69 Å². The van der Waals surface area contributed by atoms with E-state index in [2.05, 4.69) is 24.0 Å². The van der Waals surface area contributed by atoms with Gasteiger partial charge in [-0.15, -0.1) is 0 Å². The highest BCUT2D eigenvalue weighted by molar-refractivity contribution is 7.91. The highest BCUT2D eigenvalue weighted by Gasteiger charge is 2.57. The first-order valence-electron chi connectivity index (χ1n) is 18.9. The van der Waals surface area contributed by atoms with Gasteiger partial charge in [-0.05, 0) is 110 Å². The molecule has 0 aromatic heterocycles. The zero-order valence-electron chi connectivity index (χ0n) is 29.5. The lowest BCUT2D eigenvalue weighted by atomic mass is 9.52. The Morgan fingerprint density at radius 3 is 2.40 bits per heavy atom. The smallest absolute Gasteiger partial charge is 0.453 e.